The van der Waals surface area contributed by atoms with Crippen LogP contribution in [0.3, 0.4) is 0 Å². The largest absolute Gasteiger partial charge is 0.489 e. The van der Waals surface area contributed by atoms with Crippen LogP contribution in [0.5, 0.6) is 5.75 Å². The third-order valence-electron chi connectivity index (χ3n) is 6.25. The molecule has 2 heterocycles. The molecular formula is C29H25Cl3N4O3S. The number of anilines is 1. The van der Waals surface area contributed by atoms with E-state index in [-0.39, 0.29) is 13.2 Å². The summed E-state index contributed by atoms with van der Waals surface area (Å²) in [5, 5.41) is 10.3. The average Bonchev–Trinajstić information content (AvgIpc) is 3.34. The summed E-state index contributed by atoms with van der Waals surface area (Å²) in [4.78, 5) is 17.8. The normalized spacial score (nSPS) is 14.5. The van der Waals surface area contributed by atoms with E-state index in [4.69, 9.17) is 49.4 Å². The molecule has 1 aliphatic heterocycles. The SMILES string of the molecule is CCOC(=O)C1=C(C)Nc2nc(SCc3ccccc3Cl)nn2C1c1ccc(OCc2ccc(Cl)cc2Cl)cc1. The molecule has 1 atom stereocenters. The number of fused-ring (bicyclic) bond motifs is 1. The van der Waals surface area contributed by atoms with Crippen LogP contribution < -0.4 is 10.1 Å². The van der Waals surface area contributed by atoms with E-state index in [1.807, 2.05) is 61.5 Å². The minimum Gasteiger partial charge on any atom is -0.489 e. The number of esters is 1. The highest BCUT2D eigenvalue weighted by Gasteiger charge is 2.35. The Labute approximate surface area is 251 Å². The first-order valence-electron chi connectivity index (χ1n) is 12.5. The second-order valence-corrected chi connectivity index (χ2v) is 11.1. The monoisotopic (exact) mass is 614 g/mol. The molecule has 1 N–H and O–H groups in total. The zero-order chi connectivity index (χ0) is 28.2. The van der Waals surface area contributed by atoms with Crippen LogP contribution in [-0.2, 0) is 21.9 Å². The first kappa shape index (κ1) is 28.4. The zero-order valence-electron chi connectivity index (χ0n) is 21.7. The predicted octanol–water partition coefficient (Wildman–Crippen LogP) is 7.96. The zero-order valence-corrected chi connectivity index (χ0v) is 24.7. The Morgan fingerprint density at radius 1 is 1.02 bits per heavy atom. The van der Waals surface area contributed by atoms with Gasteiger partial charge in [0.05, 0.1) is 12.2 Å². The van der Waals surface area contributed by atoms with Gasteiger partial charge in [-0.05, 0) is 55.3 Å². The summed E-state index contributed by atoms with van der Waals surface area (Å²) in [6, 6.07) is 19.9. The van der Waals surface area contributed by atoms with Gasteiger partial charge >= 0.3 is 5.97 Å². The summed E-state index contributed by atoms with van der Waals surface area (Å²) in [5.74, 6) is 1.38. The van der Waals surface area contributed by atoms with Gasteiger partial charge in [-0.3, -0.25) is 0 Å². The fourth-order valence-electron chi connectivity index (χ4n) is 4.28. The van der Waals surface area contributed by atoms with Crippen LogP contribution in [0.1, 0.15) is 36.6 Å². The van der Waals surface area contributed by atoms with Gasteiger partial charge in [0.1, 0.15) is 18.4 Å². The molecule has 5 rings (SSSR count). The van der Waals surface area contributed by atoms with Gasteiger partial charge in [0.2, 0.25) is 11.1 Å². The molecule has 4 aromatic rings. The summed E-state index contributed by atoms with van der Waals surface area (Å²) in [5.41, 5.74) is 3.76. The van der Waals surface area contributed by atoms with Gasteiger partial charge in [-0.2, -0.15) is 4.98 Å². The van der Waals surface area contributed by atoms with Gasteiger partial charge in [0.25, 0.3) is 0 Å². The molecule has 0 aliphatic carbocycles. The number of halogens is 3. The van der Waals surface area contributed by atoms with Crippen molar-refractivity contribution in [3.8, 4) is 5.75 Å². The van der Waals surface area contributed by atoms with Crippen LogP contribution in [0.25, 0.3) is 0 Å². The molecule has 1 unspecified atom stereocenters. The molecule has 11 heteroatoms. The maximum absolute atomic E-state index is 13.1. The number of carbonyl (C=O) groups excluding carboxylic acids is 1. The van der Waals surface area contributed by atoms with E-state index in [0.29, 0.717) is 48.9 Å². The second-order valence-electron chi connectivity index (χ2n) is 8.92. The van der Waals surface area contributed by atoms with Crippen molar-refractivity contribution in [2.75, 3.05) is 11.9 Å². The van der Waals surface area contributed by atoms with Gasteiger partial charge in [0.15, 0.2) is 0 Å². The van der Waals surface area contributed by atoms with Crippen molar-refractivity contribution in [1.82, 2.24) is 14.8 Å². The van der Waals surface area contributed by atoms with E-state index in [1.165, 1.54) is 11.8 Å². The van der Waals surface area contributed by atoms with Crippen molar-refractivity contribution in [3.05, 3.63) is 110 Å². The maximum Gasteiger partial charge on any atom is 0.338 e. The van der Waals surface area contributed by atoms with E-state index < -0.39 is 12.0 Å². The predicted molar refractivity (Wildman–Crippen MR) is 159 cm³/mol. The first-order valence-corrected chi connectivity index (χ1v) is 14.6. The van der Waals surface area contributed by atoms with Gasteiger partial charge in [-0.1, -0.05) is 83.0 Å². The Kier molecular flexibility index (Phi) is 8.90. The summed E-state index contributed by atoms with van der Waals surface area (Å²) >= 11 is 20.1. The summed E-state index contributed by atoms with van der Waals surface area (Å²) in [6.07, 6.45) is 0. The van der Waals surface area contributed by atoms with E-state index in [2.05, 4.69) is 10.3 Å². The number of nitrogens with one attached hydrogen (secondary N) is 1. The second kappa shape index (κ2) is 12.6. The smallest absolute Gasteiger partial charge is 0.338 e. The number of carbonyl (C=O) groups is 1. The molecule has 3 aromatic carbocycles. The van der Waals surface area contributed by atoms with Crippen molar-refractivity contribution in [2.45, 2.75) is 37.4 Å². The topological polar surface area (TPSA) is 78.3 Å². The minimum absolute atomic E-state index is 0.255. The van der Waals surface area contributed by atoms with Gasteiger partial charge < -0.3 is 14.8 Å². The molecule has 1 aromatic heterocycles. The summed E-state index contributed by atoms with van der Waals surface area (Å²) in [6.45, 7) is 4.16. The lowest BCUT2D eigenvalue weighted by molar-refractivity contribution is -0.139. The molecule has 0 spiro atoms. The molecule has 0 saturated heterocycles. The lowest BCUT2D eigenvalue weighted by Crippen LogP contribution is -2.29. The highest BCUT2D eigenvalue weighted by molar-refractivity contribution is 7.98. The Balaban J connectivity index is 1.41. The molecule has 0 fully saturated rings. The third kappa shape index (κ3) is 6.25. The fourth-order valence-corrected chi connectivity index (χ4v) is 5.86. The summed E-state index contributed by atoms with van der Waals surface area (Å²) in [7, 11) is 0. The first-order chi connectivity index (χ1) is 19.3. The number of ether oxygens (including phenoxy) is 2. The van der Waals surface area contributed by atoms with Crippen molar-refractivity contribution >= 4 is 58.5 Å². The minimum atomic E-state index is -0.544. The number of nitrogens with zero attached hydrogens (tertiary/aromatic N) is 3. The molecule has 0 radical (unpaired) electrons. The number of aromatic nitrogens is 3. The van der Waals surface area contributed by atoms with Crippen LogP contribution in [-0.4, -0.2) is 27.3 Å². The van der Waals surface area contributed by atoms with Gasteiger partial charge in [-0.25, -0.2) is 9.48 Å². The average molecular weight is 616 g/mol. The summed E-state index contributed by atoms with van der Waals surface area (Å²) < 4.78 is 13.1. The number of hydrogen-bond donors (Lipinski definition) is 1. The molecule has 0 bridgehead atoms. The van der Waals surface area contributed by atoms with Crippen LogP contribution in [0, 0.1) is 0 Å². The maximum atomic E-state index is 13.1. The van der Waals surface area contributed by atoms with Crippen molar-refractivity contribution in [1.29, 1.82) is 0 Å². The van der Waals surface area contributed by atoms with Crippen LogP contribution >= 0.6 is 46.6 Å². The molecule has 40 heavy (non-hydrogen) atoms. The number of hydrogen-bond acceptors (Lipinski definition) is 7. The van der Waals surface area contributed by atoms with E-state index >= 15 is 0 Å². The highest BCUT2D eigenvalue weighted by Crippen LogP contribution is 2.38. The molecule has 1 aliphatic rings. The van der Waals surface area contributed by atoms with Crippen LogP contribution in [0.2, 0.25) is 15.1 Å². The Morgan fingerprint density at radius 2 is 1.80 bits per heavy atom. The highest BCUT2D eigenvalue weighted by atomic mass is 35.5. The fraction of sp³-hybridized carbons (Fsp3) is 0.207. The number of rotatable bonds is 9. The molecule has 7 nitrogen and oxygen atoms in total. The molecule has 0 amide bonds. The molecule has 206 valence electrons. The number of thioether (sulfide) groups is 1. The van der Waals surface area contributed by atoms with Crippen molar-refractivity contribution in [3.63, 3.8) is 0 Å². The van der Waals surface area contributed by atoms with E-state index in [1.54, 1.807) is 23.7 Å². The molecule has 0 saturated carbocycles. The lowest BCUT2D eigenvalue weighted by Gasteiger charge is -2.28. The van der Waals surface area contributed by atoms with Crippen LogP contribution in [0.15, 0.2) is 83.2 Å². The van der Waals surface area contributed by atoms with Crippen molar-refractivity contribution in [2.24, 2.45) is 0 Å². The van der Waals surface area contributed by atoms with E-state index in [9.17, 15) is 4.79 Å². The Hall–Kier alpha value is -3.17. The standard InChI is InChI=1S/C29H25Cl3N4O3S/c1-3-38-27(37)25-17(2)33-28-34-29(40-16-20-6-4-5-7-23(20)31)35-36(28)26(25)18-9-12-22(13-10-18)39-15-19-8-11-21(30)14-24(19)32/h4-14,26H,3,15-16H2,1-2H3,(H,33,34,35). The van der Waals surface area contributed by atoms with Crippen LogP contribution in [0.4, 0.5) is 5.95 Å². The van der Waals surface area contributed by atoms with Crippen molar-refractivity contribution < 1.29 is 14.3 Å². The number of benzene rings is 3. The third-order valence-corrected chi connectivity index (χ3v) is 8.09. The van der Waals surface area contributed by atoms with Gasteiger partial charge in [0, 0.05) is 32.1 Å². The van der Waals surface area contributed by atoms with E-state index in [0.717, 1.165) is 16.7 Å². The molecular weight excluding hydrogens is 591 g/mol. The number of allylic oxidation sites excluding steroid dienone is 1. The lowest BCUT2D eigenvalue weighted by atomic mass is 9.96. The van der Waals surface area contributed by atoms with Gasteiger partial charge in [-0.15, -0.1) is 5.10 Å². The Bertz CT molecular complexity index is 1570. The Morgan fingerprint density at radius 3 is 2.52 bits per heavy atom. The quantitative estimate of drug-likeness (QED) is 0.151.